The van der Waals surface area contributed by atoms with Crippen molar-refractivity contribution in [2.45, 2.75) is 50.4 Å². The van der Waals surface area contributed by atoms with Gasteiger partial charge in [0.05, 0.1) is 23.5 Å². The quantitative estimate of drug-likeness (QED) is 0.552. The summed E-state index contributed by atoms with van der Waals surface area (Å²) in [5.41, 5.74) is 3.26. The molecule has 0 radical (unpaired) electrons. The fourth-order valence-electron chi connectivity index (χ4n) is 3.55. The van der Waals surface area contributed by atoms with Gasteiger partial charge in [-0.3, -0.25) is 9.59 Å². The molecule has 1 aliphatic rings. The van der Waals surface area contributed by atoms with Gasteiger partial charge in [-0.2, -0.15) is 0 Å². The maximum Gasteiger partial charge on any atom is 0.309 e. The molecular formula is C22H29N3O3S. The molecule has 0 aliphatic carbocycles. The summed E-state index contributed by atoms with van der Waals surface area (Å²) < 4.78 is 5.10. The Morgan fingerprint density at radius 1 is 1.28 bits per heavy atom. The number of likely N-dealkylation sites (tertiary alicyclic amines) is 1. The average Bonchev–Trinajstić information content (AvgIpc) is 3.07. The van der Waals surface area contributed by atoms with Gasteiger partial charge in [-0.15, -0.1) is 0 Å². The summed E-state index contributed by atoms with van der Waals surface area (Å²) >= 11 is 1.46. The standard InChI is InChI=1S/C22H29N3O3S/c1-4-28-21(27)18-10-12-25(13-11-18)20(26)16(3)29-22-23-15(2)19(24-22)14-17-8-6-5-7-9-17/h5-9,16,18H,4,10-14H2,1-3H3,(H,23,24). The Balaban J connectivity index is 1.54. The second-order valence-corrected chi connectivity index (χ2v) is 8.72. The number of aromatic amines is 1. The molecule has 1 saturated heterocycles. The van der Waals surface area contributed by atoms with Gasteiger partial charge in [0.25, 0.3) is 0 Å². The Bertz CT molecular complexity index is 829. The molecule has 0 saturated carbocycles. The van der Waals surface area contributed by atoms with Gasteiger partial charge in [-0.1, -0.05) is 42.1 Å². The number of amides is 1. The van der Waals surface area contributed by atoms with Crippen LogP contribution in [0.3, 0.4) is 0 Å². The molecule has 2 heterocycles. The van der Waals surface area contributed by atoms with Gasteiger partial charge in [0.15, 0.2) is 5.16 Å². The molecule has 2 aromatic rings. The van der Waals surface area contributed by atoms with Crippen LogP contribution in [-0.2, 0) is 20.7 Å². The molecule has 1 amide bonds. The number of rotatable bonds is 7. The number of esters is 1. The summed E-state index contributed by atoms with van der Waals surface area (Å²) in [4.78, 5) is 34.6. The minimum atomic E-state index is -0.232. The van der Waals surface area contributed by atoms with Crippen LogP contribution in [0.25, 0.3) is 0 Å². The lowest BCUT2D eigenvalue weighted by atomic mass is 9.97. The summed E-state index contributed by atoms with van der Waals surface area (Å²) in [6, 6.07) is 10.2. The molecular weight excluding hydrogens is 386 g/mol. The molecule has 1 aromatic heterocycles. The topological polar surface area (TPSA) is 75.3 Å². The molecule has 7 heteroatoms. The van der Waals surface area contributed by atoms with E-state index in [2.05, 4.69) is 17.1 Å². The summed E-state index contributed by atoms with van der Waals surface area (Å²) in [5, 5.41) is 0.542. The summed E-state index contributed by atoms with van der Waals surface area (Å²) in [5.74, 6) is -0.134. The number of imidazole rings is 1. The van der Waals surface area contributed by atoms with E-state index in [-0.39, 0.29) is 23.0 Å². The zero-order valence-corrected chi connectivity index (χ0v) is 18.1. The van der Waals surface area contributed by atoms with Crippen LogP contribution in [0.5, 0.6) is 0 Å². The number of H-pyrrole nitrogens is 1. The molecule has 0 spiro atoms. The van der Waals surface area contributed by atoms with Gasteiger partial charge in [-0.05, 0) is 39.2 Å². The van der Waals surface area contributed by atoms with Crippen LogP contribution in [0.15, 0.2) is 35.5 Å². The molecule has 0 bridgehead atoms. The van der Waals surface area contributed by atoms with Crippen LogP contribution in [0.4, 0.5) is 0 Å². The van der Waals surface area contributed by atoms with Crippen molar-refractivity contribution < 1.29 is 14.3 Å². The predicted molar refractivity (Wildman–Crippen MR) is 114 cm³/mol. The highest BCUT2D eigenvalue weighted by molar-refractivity contribution is 8.00. The highest BCUT2D eigenvalue weighted by Gasteiger charge is 2.30. The first-order valence-electron chi connectivity index (χ1n) is 10.2. The lowest BCUT2D eigenvalue weighted by Gasteiger charge is -2.32. The van der Waals surface area contributed by atoms with E-state index in [0.29, 0.717) is 32.5 Å². The summed E-state index contributed by atoms with van der Waals surface area (Å²) in [6.07, 6.45) is 2.11. The van der Waals surface area contributed by atoms with E-state index in [4.69, 9.17) is 9.72 Å². The molecule has 1 atom stereocenters. The number of piperidine rings is 1. The van der Waals surface area contributed by atoms with Crippen LogP contribution in [-0.4, -0.2) is 51.7 Å². The van der Waals surface area contributed by atoms with Gasteiger partial charge >= 0.3 is 5.97 Å². The lowest BCUT2D eigenvalue weighted by Crippen LogP contribution is -2.43. The second-order valence-electron chi connectivity index (χ2n) is 7.39. The lowest BCUT2D eigenvalue weighted by molar-refractivity contribution is -0.151. The maximum atomic E-state index is 12.8. The molecule has 3 rings (SSSR count). The Kier molecular flexibility index (Phi) is 7.36. The number of aryl methyl sites for hydroxylation is 1. The Morgan fingerprint density at radius 2 is 1.97 bits per heavy atom. The molecule has 1 aromatic carbocycles. The third kappa shape index (κ3) is 5.63. The largest absolute Gasteiger partial charge is 0.466 e. The first-order valence-corrected chi connectivity index (χ1v) is 11.1. The van der Waals surface area contributed by atoms with Crippen molar-refractivity contribution >= 4 is 23.6 Å². The first kappa shape index (κ1) is 21.4. The molecule has 1 unspecified atom stereocenters. The first-order chi connectivity index (χ1) is 14.0. The van der Waals surface area contributed by atoms with Crippen LogP contribution < -0.4 is 0 Å². The predicted octanol–water partition coefficient (Wildman–Crippen LogP) is 3.59. The van der Waals surface area contributed by atoms with Gasteiger partial charge in [0, 0.05) is 25.2 Å². The van der Waals surface area contributed by atoms with E-state index in [1.807, 2.05) is 43.9 Å². The van der Waals surface area contributed by atoms with Gasteiger partial charge in [0.2, 0.25) is 5.91 Å². The van der Waals surface area contributed by atoms with Crippen molar-refractivity contribution in [3.8, 4) is 0 Å². The Labute approximate surface area is 176 Å². The highest BCUT2D eigenvalue weighted by atomic mass is 32.2. The number of nitrogens with one attached hydrogen (secondary N) is 1. The SMILES string of the molecule is CCOC(=O)C1CCN(C(=O)C(C)Sc2nc(Cc3ccccc3)c(C)[nH]2)CC1. The molecule has 1 aliphatic heterocycles. The third-order valence-electron chi connectivity index (χ3n) is 5.24. The van der Waals surface area contributed by atoms with Crippen molar-refractivity contribution in [3.05, 3.63) is 47.3 Å². The van der Waals surface area contributed by atoms with Crippen LogP contribution >= 0.6 is 11.8 Å². The van der Waals surface area contributed by atoms with Gasteiger partial charge in [-0.25, -0.2) is 4.98 Å². The average molecular weight is 416 g/mol. The summed E-state index contributed by atoms with van der Waals surface area (Å²) in [7, 11) is 0. The number of aromatic nitrogens is 2. The van der Waals surface area contributed by atoms with E-state index in [1.165, 1.54) is 17.3 Å². The minimum absolute atomic E-state index is 0.0878. The maximum absolute atomic E-state index is 12.8. The number of thioether (sulfide) groups is 1. The fraction of sp³-hybridized carbons (Fsp3) is 0.500. The summed E-state index contributed by atoms with van der Waals surface area (Å²) in [6.45, 7) is 7.35. The molecule has 29 heavy (non-hydrogen) atoms. The van der Waals surface area contributed by atoms with E-state index < -0.39 is 0 Å². The van der Waals surface area contributed by atoms with Crippen molar-refractivity contribution in [2.24, 2.45) is 5.92 Å². The number of nitrogens with zero attached hydrogens (tertiary/aromatic N) is 2. The minimum Gasteiger partial charge on any atom is -0.466 e. The van der Waals surface area contributed by atoms with E-state index in [0.717, 1.165) is 23.0 Å². The molecule has 156 valence electrons. The highest BCUT2D eigenvalue weighted by Crippen LogP contribution is 2.26. The van der Waals surface area contributed by atoms with E-state index in [9.17, 15) is 9.59 Å². The Morgan fingerprint density at radius 3 is 2.62 bits per heavy atom. The molecule has 6 nitrogen and oxygen atoms in total. The number of ether oxygens (including phenoxy) is 1. The number of carbonyl (C=O) groups is 2. The van der Waals surface area contributed by atoms with Gasteiger partial charge < -0.3 is 14.6 Å². The van der Waals surface area contributed by atoms with Crippen molar-refractivity contribution in [1.82, 2.24) is 14.9 Å². The van der Waals surface area contributed by atoms with E-state index in [1.54, 1.807) is 0 Å². The van der Waals surface area contributed by atoms with Crippen molar-refractivity contribution in [3.63, 3.8) is 0 Å². The van der Waals surface area contributed by atoms with E-state index >= 15 is 0 Å². The molecule has 1 N–H and O–H groups in total. The third-order valence-corrected chi connectivity index (χ3v) is 6.21. The van der Waals surface area contributed by atoms with Crippen molar-refractivity contribution in [2.75, 3.05) is 19.7 Å². The number of benzene rings is 1. The van der Waals surface area contributed by atoms with Gasteiger partial charge in [0.1, 0.15) is 0 Å². The monoisotopic (exact) mass is 415 g/mol. The fourth-order valence-corrected chi connectivity index (χ4v) is 4.51. The smallest absolute Gasteiger partial charge is 0.309 e. The Hall–Kier alpha value is -2.28. The number of hydrogen-bond donors (Lipinski definition) is 1. The molecule has 1 fully saturated rings. The number of carbonyl (C=O) groups excluding carboxylic acids is 2. The normalized spacial score (nSPS) is 15.9. The second kappa shape index (κ2) is 9.96. The van der Waals surface area contributed by atoms with Crippen molar-refractivity contribution in [1.29, 1.82) is 0 Å². The zero-order chi connectivity index (χ0) is 20.8. The number of hydrogen-bond acceptors (Lipinski definition) is 5. The van der Waals surface area contributed by atoms with Crippen LogP contribution in [0.1, 0.15) is 43.6 Å². The van der Waals surface area contributed by atoms with Crippen LogP contribution in [0.2, 0.25) is 0 Å². The van der Waals surface area contributed by atoms with Crippen LogP contribution in [0, 0.1) is 12.8 Å². The zero-order valence-electron chi connectivity index (χ0n) is 17.3.